The molecule has 1 amide bonds. The number of anilines is 1. The topological polar surface area (TPSA) is 64.6 Å². The second kappa shape index (κ2) is 8.29. The van der Waals surface area contributed by atoms with E-state index in [1.54, 1.807) is 18.2 Å². The van der Waals surface area contributed by atoms with Gasteiger partial charge in [0.15, 0.2) is 0 Å². The van der Waals surface area contributed by atoms with Crippen LogP contribution in [0.25, 0.3) is 0 Å². The van der Waals surface area contributed by atoms with Crippen molar-refractivity contribution in [3.63, 3.8) is 0 Å². The van der Waals surface area contributed by atoms with Crippen LogP contribution in [0.4, 0.5) is 5.69 Å². The number of carbonyl (C=O) groups is 2. The van der Waals surface area contributed by atoms with Gasteiger partial charge >= 0.3 is 5.97 Å². The molecular weight excluding hydrogens is 350 g/mol. The largest absolute Gasteiger partial charge is 0.462 e. The molecule has 5 nitrogen and oxygen atoms in total. The molecular formula is C16H20BrNO4. The monoisotopic (exact) mass is 369 g/mol. The molecule has 6 heteroatoms. The van der Waals surface area contributed by atoms with Crippen LogP contribution < -0.4 is 5.32 Å². The standard InChI is InChI=1S/C16H20BrNO4/c1-2-7-22-16(20)13-8-12(17)5-6-14(13)18-15(19)10-21-9-11-3-4-11/h5-6,8,11H,2-4,7,9-10H2,1H3,(H,18,19). The number of rotatable bonds is 8. The van der Waals surface area contributed by atoms with E-state index in [4.69, 9.17) is 9.47 Å². The van der Waals surface area contributed by atoms with Crippen molar-refractivity contribution in [1.29, 1.82) is 0 Å². The van der Waals surface area contributed by atoms with Crippen LogP contribution in [0.5, 0.6) is 0 Å². The van der Waals surface area contributed by atoms with Crippen LogP contribution in [0.15, 0.2) is 22.7 Å². The Morgan fingerprint density at radius 3 is 2.82 bits per heavy atom. The molecule has 0 atom stereocenters. The summed E-state index contributed by atoms with van der Waals surface area (Å²) < 4.78 is 11.2. The first-order valence-corrected chi connectivity index (χ1v) is 8.23. The number of benzene rings is 1. The molecule has 1 N–H and O–H groups in total. The molecule has 1 aromatic carbocycles. The average molecular weight is 370 g/mol. The first-order valence-electron chi connectivity index (χ1n) is 7.44. The molecule has 0 aliphatic heterocycles. The summed E-state index contributed by atoms with van der Waals surface area (Å²) in [6, 6.07) is 5.07. The molecule has 1 aromatic rings. The van der Waals surface area contributed by atoms with E-state index in [2.05, 4.69) is 21.2 Å². The molecule has 22 heavy (non-hydrogen) atoms. The molecule has 1 saturated carbocycles. The van der Waals surface area contributed by atoms with Gasteiger partial charge in [0.1, 0.15) is 6.61 Å². The Labute approximate surface area is 138 Å². The number of hydrogen-bond acceptors (Lipinski definition) is 4. The molecule has 1 fully saturated rings. The lowest BCUT2D eigenvalue weighted by atomic mass is 10.2. The Bertz CT molecular complexity index is 543. The normalized spacial score (nSPS) is 13.7. The number of nitrogens with one attached hydrogen (secondary N) is 1. The predicted molar refractivity (Wildman–Crippen MR) is 86.9 cm³/mol. The second-order valence-corrected chi connectivity index (χ2v) is 6.25. The molecule has 0 unspecified atom stereocenters. The Morgan fingerprint density at radius 1 is 1.36 bits per heavy atom. The van der Waals surface area contributed by atoms with Crippen LogP contribution >= 0.6 is 15.9 Å². The maximum Gasteiger partial charge on any atom is 0.340 e. The Balaban J connectivity index is 1.95. The molecule has 2 rings (SSSR count). The summed E-state index contributed by atoms with van der Waals surface area (Å²) in [5, 5.41) is 2.70. The highest BCUT2D eigenvalue weighted by molar-refractivity contribution is 9.10. The van der Waals surface area contributed by atoms with E-state index in [0.717, 1.165) is 10.9 Å². The number of esters is 1. The van der Waals surface area contributed by atoms with Gasteiger partial charge < -0.3 is 14.8 Å². The smallest absolute Gasteiger partial charge is 0.340 e. The highest BCUT2D eigenvalue weighted by atomic mass is 79.9. The van der Waals surface area contributed by atoms with Gasteiger partial charge in [-0.25, -0.2) is 4.79 Å². The minimum Gasteiger partial charge on any atom is -0.462 e. The third-order valence-electron chi connectivity index (χ3n) is 3.20. The van der Waals surface area contributed by atoms with Gasteiger partial charge in [0.2, 0.25) is 5.91 Å². The molecule has 0 bridgehead atoms. The van der Waals surface area contributed by atoms with Crippen molar-refractivity contribution < 1.29 is 19.1 Å². The number of carbonyl (C=O) groups excluding carboxylic acids is 2. The van der Waals surface area contributed by atoms with Gasteiger partial charge in [-0.3, -0.25) is 4.79 Å². The van der Waals surface area contributed by atoms with Crippen molar-refractivity contribution in [2.75, 3.05) is 25.1 Å². The molecule has 0 heterocycles. The Morgan fingerprint density at radius 2 is 2.14 bits per heavy atom. The minimum atomic E-state index is -0.447. The lowest BCUT2D eigenvalue weighted by Crippen LogP contribution is -2.21. The number of hydrogen-bond donors (Lipinski definition) is 1. The van der Waals surface area contributed by atoms with Gasteiger partial charge in [-0.05, 0) is 43.4 Å². The summed E-state index contributed by atoms with van der Waals surface area (Å²) in [5.41, 5.74) is 0.766. The van der Waals surface area contributed by atoms with E-state index < -0.39 is 5.97 Å². The summed E-state index contributed by atoms with van der Waals surface area (Å²) in [7, 11) is 0. The molecule has 0 saturated heterocycles. The van der Waals surface area contributed by atoms with Crippen molar-refractivity contribution in [3.8, 4) is 0 Å². The van der Waals surface area contributed by atoms with Gasteiger partial charge in [0, 0.05) is 4.47 Å². The highest BCUT2D eigenvalue weighted by Gasteiger charge is 2.22. The zero-order valence-electron chi connectivity index (χ0n) is 12.6. The maximum absolute atomic E-state index is 12.0. The van der Waals surface area contributed by atoms with Gasteiger partial charge in [-0.1, -0.05) is 22.9 Å². The van der Waals surface area contributed by atoms with Crippen LogP contribution in [0.3, 0.4) is 0 Å². The van der Waals surface area contributed by atoms with E-state index in [0.29, 0.717) is 30.4 Å². The van der Waals surface area contributed by atoms with Crippen molar-refractivity contribution >= 4 is 33.5 Å². The summed E-state index contributed by atoms with van der Waals surface area (Å²) in [5.74, 6) is -0.107. The first-order chi connectivity index (χ1) is 10.6. The lowest BCUT2D eigenvalue weighted by molar-refractivity contribution is -0.120. The number of amides is 1. The first kappa shape index (κ1) is 17.0. The third-order valence-corrected chi connectivity index (χ3v) is 3.69. The SMILES string of the molecule is CCCOC(=O)c1cc(Br)ccc1NC(=O)COCC1CC1. The van der Waals surface area contributed by atoms with E-state index in [1.165, 1.54) is 12.8 Å². The van der Waals surface area contributed by atoms with Crippen LogP contribution in [0.2, 0.25) is 0 Å². The fourth-order valence-corrected chi connectivity index (χ4v) is 2.22. The zero-order valence-corrected chi connectivity index (χ0v) is 14.1. The van der Waals surface area contributed by atoms with Gasteiger partial charge in [-0.2, -0.15) is 0 Å². The van der Waals surface area contributed by atoms with Crippen molar-refractivity contribution in [2.24, 2.45) is 5.92 Å². The van der Waals surface area contributed by atoms with Crippen LogP contribution in [0.1, 0.15) is 36.5 Å². The summed E-state index contributed by atoms with van der Waals surface area (Å²) >= 11 is 3.32. The van der Waals surface area contributed by atoms with Crippen molar-refractivity contribution in [3.05, 3.63) is 28.2 Å². The van der Waals surface area contributed by atoms with E-state index in [9.17, 15) is 9.59 Å². The molecule has 0 aromatic heterocycles. The zero-order chi connectivity index (χ0) is 15.9. The quantitative estimate of drug-likeness (QED) is 0.713. The van der Waals surface area contributed by atoms with E-state index >= 15 is 0 Å². The lowest BCUT2D eigenvalue weighted by Gasteiger charge is -2.11. The third kappa shape index (κ3) is 5.42. The van der Waals surface area contributed by atoms with Crippen LogP contribution in [0, 0.1) is 5.92 Å². The van der Waals surface area contributed by atoms with Gasteiger partial charge in [-0.15, -0.1) is 0 Å². The molecule has 0 radical (unpaired) electrons. The summed E-state index contributed by atoms with van der Waals surface area (Å²) in [4.78, 5) is 23.9. The second-order valence-electron chi connectivity index (χ2n) is 5.33. The van der Waals surface area contributed by atoms with Crippen LogP contribution in [-0.2, 0) is 14.3 Å². The predicted octanol–water partition coefficient (Wildman–Crippen LogP) is 3.38. The summed E-state index contributed by atoms with van der Waals surface area (Å²) in [6.45, 7) is 2.90. The fraction of sp³-hybridized carbons (Fsp3) is 0.500. The molecule has 1 aliphatic rings. The Hall–Kier alpha value is -1.40. The molecule has 1 aliphatic carbocycles. The highest BCUT2D eigenvalue weighted by Crippen LogP contribution is 2.28. The van der Waals surface area contributed by atoms with E-state index in [1.807, 2.05) is 6.92 Å². The average Bonchev–Trinajstić information content (AvgIpc) is 3.30. The van der Waals surface area contributed by atoms with Crippen LogP contribution in [-0.4, -0.2) is 31.7 Å². The molecule has 120 valence electrons. The fourth-order valence-electron chi connectivity index (χ4n) is 1.86. The van der Waals surface area contributed by atoms with Crippen molar-refractivity contribution in [2.45, 2.75) is 26.2 Å². The summed E-state index contributed by atoms with van der Waals surface area (Å²) in [6.07, 6.45) is 3.11. The van der Waals surface area contributed by atoms with E-state index in [-0.39, 0.29) is 12.5 Å². The number of halogens is 1. The molecule has 0 spiro atoms. The van der Waals surface area contributed by atoms with Gasteiger partial charge in [0.25, 0.3) is 0 Å². The minimum absolute atomic E-state index is 0.00396. The maximum atomic E-state index is 12.0. The van der Waals surface area contributed by atoms with Crippen molar-refractivity contribution in [1.82, 2.24) is 0 Å². The van der Waals surface area contributed by atoms with Gasteiger partial charge in [0.05, 0.1) is 24.5 Å². The number of ether oxygens (including phenoxy) is 2. The Kier molecular flexibility index (Phi) is 6.39.